The van der Waals surface area contributed by atoms with Crippen LogP contribution in [0.5, 0.6) is 0 Å². The standard InChI is InChI=1S/C20H22ClFN2O4/c21-14-9-24(17-15(25)10-28-18(14)17)20(27)16(11-4-1-2-5-11)23-19(26)12-6-3-7-13(22)8-12/h3,6-8,11,14,16-18H,1-2,4-5,9-10H2,(H,23,26)/t14-,16-,17+,18+/m0/s1. The number of halogens is 2. The summed E-state index contributed by atoms with van der Waals surface area (Å²) in [6.45, 7) is 0.159. The largest absolute Gasteiger partial charge is 0.366 e. The summed E-state index contributed by atoms with van der Waals surface area (Å²) in [5.41, 5.74) is 0.158. The first-order valence-electron chi connectivity index (χ1n) is 9.61. The number of amides is 2. The lowest BCUT2D eigenvalue weighted by molar-refractivity contribution is -0.139. The Labute approximate surface area is 167 Å². The lowest BCUT2D eigenvalue weighted by Gasteiger charge is -2.30. The van der Waals surface area contributed by atoms with Crippen molar-refractivity contribution in [3.05, 3.63) is 35.6 Å². The van der Waals surface area contributed by atoms with Crippen molar-refractivity contribution in [2.45, 2.75) is 49.2 Å². The van der Waals surface area contributed by atoms with Gasteiger partial charge in [0.05, 0.1) is 5.38 Å². The molecule has 0 spiro atoms. The second-order valence-electron chi connectivity index (χ2n) is 7.70. The molecule has 1 aromatic rings. The number of hydrogen-bond acceptors (Lipinski definition) is 4. The van der Waals surface area contributed by atoms with Gasteiger partial charge in [-0.15, -0.1) is 11.6 Å². The fourth-order valence-electron chi connectivity index (χ4n) is 4.53. The van der Waals surface area contributed by atoms with E-state index in [1.54, 1.807) is 0 Å². The minimum absolute atomic E-state index is 0.0183. The van der Waals surface area contributed by atoms with Crippen molar-refractivity contribution in [2.75, 3.05) is 13.2 Å². The molecule has 3 aliphatic rings. The van der Waals surface area contributed by atoms with Gasteiger partial charge in [0.2, 0.25) is 5.91 Å². The first-order valence-corrected chi connectivity index (χ1v) is 10.0. The summed E-state index contributed by atoms with van der Waals surface area (Å²) < 4.78 is 18.9. The zero-order valence-corrected chi connectivity index (χ0v) is 16.0. The van der Waals surface area contributed by atoms with Gasteiger partial charge in [-0.1, -0.05) is 18.9 Å². The first kappa shape index (κ1) is 19.3. The molecule has 4 rings (SSSR count). The number of hydrogen-bond donors (Lipinski definition) is 1. The molecule has 2 aliphatic heterocycles. The van der Waals surface area contributed by atoms with E-state index in [0.717, 1.165) is 31.7 Å². The molecule has 3 fully saturated rings. The SMILES string of the molecule is O=C(N[C@H](C(=O)N1C[C@H](Cl)[C@H]2OCC(=O)[C@H]21)C1CCCC1)c1cccc(F)c1. The van der Waals surface area contributed by atoms with Gasteiger partial charge in [-0.05, 0) is 37.0 Å². The third-order valence-electron chi connectivity index (χ3n) is 5.92. The van der Waals surface area contributed by atoms with Gasteiger partial charge in [0, 0.05) is 12.1 Å². The maximum absolute atomic E-state index is 13.5. The quantitative estimate of drug-likeness (QED) is 0.772. The van der Waals surface area contributed by atoms with Gasteiger partial charge in [-0.25, -0.2) is 4.39 Å². The van der Waals surface area contributed by atoms with Crippen LogP contribution in [0.2, 0.25) is 0 Å². The summed E-state index contributed by atoms with van der Waals surface area (Å²) >= 11 is 6.30. The molecule has 28 heavy (non-hydrogen) atoms. The highest BCUT2D eigenvalue weighted by Gasteiger charge is 2.53. The molecule has 8 heteroatoms. The van der Waals surface area contributed by atoms with Gasteiger partial charge in [-0.2, -0.15) is 0 Å². The predicted molar refractivity (Wildman–Crippen MR) is 99.5 cm³/mol. The second kappa shape index (κ2) is 7.79. The van der Waals surface area contributed by atoms with E-state index < -0.39 is 35.3 Å². The average molecular weight is 409 g/mol. The van der Waals surface area contributed by atoms with Crippen molar-refractivity contribution in [1.82, 2.24) is 10.2 Å². The van der Waals surface area contributed by atoms with Crippen molar-refractivity contribution in [3.63, 3.8) is 0 Å². The Morgan fingerprint density at radius 3 is 2.75 bits per heavy atom. The highest BCUT2D eigenvalue weighted by molar-refractivity contribution is 6.22. The number of alkyl halides is 1. The van der Waals surface area contributed by atoms with Crippen LogP contribution in [0, 0.1) is 11.7 Å². The van der Waals surface area contributed by atoms with E-state index in [2.05, 4.69) is 5.32 Å². The summed E-state index contributed by atoms with van der Waals surface area (Å²) in [7, 11) is 0. The second-order valence-corrected chi connectivity index (χ2v) is 8.26. The van der Waals surface area contributed by atoms with Gasteiger partial charge >= 0.3 is 0 Å². The minimum atomic E-state index is -0.769. The maximum Gasteiger partial charge on any atom is 0.252 e. The number of carbonyl (C=O) groups excluding carboxylic acids is 3. The maximum atomic E-state index is 13.5. The van der Waals surface area contributed by atoms with Gasteiger partial charge in [0.15, 0.2) is 5.78 Å². The van der Waals surface area contributed by atoms with Gasteiger partial charge in [-0.3, -0.25) is 14.4 Å². The Kier molecular flexibility index (Phi) is 5.38. The molecular formula is C20H22ClFN2O4. The Hall–Kier alpha value is -1.99. The monoisotopic (exact) mass is 408 g/mol. The van der Waals surface area contributed by atoms with Crippen LogP contribution in [0.15, 0.2) is 24.3 Å². The van der Waals surface area contributed by atoms with Crippen LogP contribution in [0.4, 0.5) is 4.39 Å². The third kappa shape index (κ3) is 3.53. The number of nitrogens with one attached hydrogen (secondary N) is 1. The first-order chi connectivity index (χ1) is 13.5. The zero-order valence-electron chi connectivity index (χ0n) is 15.3. The molecule has 2 heterocycles. The molecule has 1 N–H and O–H groups in total. The molecular weight excluding hydrogens is 387 g/mol. The van der Waals surface area contributed by atoms with Crippen LogP contribution in [-0.4, -0.2) is 59.2 Å². The number of ketones is 1. The normalized spacial score (nSPS) is 28.4. The van der Waals surface area contributed by atoms with Crippen LogP contribution in [0.1, 0.15) is 36.0 Å². The lowest BCUT2D eigenvalue weighted by Crippen LogP contribution is -2.54. The summed E-state index contributed by atoms with van der Waals surface area (Å²) in [5.74, 6) is -1.51. The van der Waals surface area contributed by atoms with Crippen LogP contribution < -0.4 is 5.32 Å². The number of likely N-dealkylation sites (tertiary alicyclic amines) is 1. The summed E-state index contributed by atoms with van der Waals surface area (Å²) in [6, 6.07) is 3.89. The third-order valence-corrected chi connectivity index (χ3v) is 6.30. The van der Waals surface area contributed by atoms with Crippen molar-refractivity contribution in [1.29, 1.82) is 0 Å². The molecule has 0 aromatic heterocycles. The lowest BCUT2D eigenvalue weighted by atomic mass is 9.95. The number of fused-ring (bicyclic) bond motifs is 1. The number of nitrogens with zero attached hydrogens (tertiary/aromatic N) is 1. The Morgan fingerprint density at radius 2 is 2.04 bits per heavy atom. The van der Waals surface area contributed by atoms with Crippen LogP contribution >= 0.6 is 11.6 Å². The zero-order chi connectivity index (χ0) is 19.8. The van der Waals surface area contributed by atoms with E-state index in [0.29, 0.717) is 0 Å². The van der Waals surface area contributed by atoms with Crippen molar-refractivity contribution in [3.8, 4) is 0 Å². The molecule has 150 valence electrons. The predicted octanol–water partition coefficient (Wildman–Crippen LogP) is 1.90. The molecule has 0 bridgehead atoms. The smallest absolute Gasteiger partial charge is 0.252 e. The molecule has 1 saturated carbocycles. The van der Waals surface area contributed by atoms with E-state index in [9.17, 15) is 18.8 Å². The van der Waals surface area contributed by atoms with Crippen molar-refractivity contribution < 1.29 is 23.5 Å². The summed E-state index contributed by atoms with van der Waals surface area (Å²) in [4.78, 5) is 39.7. The fraction of sp³-hybridized carbons (Fsp3) is 0.550. The molecule has 1 aliphatic carbocycles. The fourth-order valence-corrected chi connectivity index (χ4v) is 4.89. The molecule has 2 saturated heterocycles. The topological polar surface area (TPSA) is 75.7 Å². The Balaban J connectivity index is 1.57. The van der Waals surface area contributed by atoms with Crippen LogP contribution in [0.25, 0.3) is 0 Å². The van der Waals surface area contributed by atoms with E-state index in [4.69, 9.17) is 16.3 Å². The van der Waals surface area contributed by atoms with Gasteiger partial charge in [0.25, 0.3) is 5.91 Å². The van der Waals surface area contributed by atoms with Crippen LogP contribution in [0.3, 0.4) is 0 Å². The summed E-state index contributed by atoms with van der Waals surface area (Å²) in [5, 5.41) is 2.34. The summed E-state index contributed by atoms with van der Waals surface area (Å²) in [6.07, 6.45) is 3.10. The molecule has 2 amide bonds. The van der Waals surface area contributed by atoms with Crippen LogP contribution in [-0.2, 0) is 14.3 Å². The number of benzene rings is 1. The van der Waals surface area contributed by atoms with Gasteiger partial charge < -0.3 is 15.0 Å². The average Bonchev–Trinajstić information content (AvgIpc) is 3.39. The highest BCUT2D eigenvalue weighted by Crippen LogP contribution is 2.34. The number of Topliss-reactive ketones (excluding diaryl/α,β-unsaturated/α-hetero) is 1. The number of rotatable bonds is 4. The van der Waals surface area contributed by atoms with E-state index >= 15 is 0 Å². The van der Waals surface area contributed by atoms with Crippen molar-refractivity contribution in [2.24, 2.45) is 5.92 Å². The number of carbonyl (C=O) groups is 3. The molecule has 1 aromatic carbocycles. The van der Waals surface area contributed by atoms with Gasteiger partial charge in [0.1, 0.15) is 30.6 Å². The van der Waals surface area contributed by atoms with E-state index in [-0.39, 0.29) is 36.3 Å². The molecule has 0 radical (unpaired) electrons. The number of ether oxygens (including phenoxy) is 1. The Bertz CT molecular complexity index is 798. The van der Waals surface area contributed by atoms with E-state index in [1.165, 1.54) is 23.1 Å². The van der Waals surface area contributed by atoms with E-state index in [1.807, 2.05) is 0 Å². The Morgan fingerprint density at radius 1 is 1.29 bits per heavy atom. The molecule has 6 nitrogen and oxygen atoms in total. The minimum Gasteiger partial charge on any atom is -0.366 e. The molecule has 0 unspecified atom stereocenters. The highest BCUT2D eigenvalue weighted by atomic mass is 35.5. The van der Waals surface area contributed by atoms with Crippen molar-refractivity contribution >= 4 is 29.2 Å². The molecule has 4 atom stereocenters.